The van der Waals surface area contributed by atoms with Crippen molar-refractivity contribution in [2.45, 2.75) is 32.8 Å². The number of nitrogens with zero attached hydrogens (tertiary/aromatic N) is 1. The van der Waals surface area contributed by atoms with Crippen LogP contribution < -0.4 is 0 Å². The summed E-state index contributed by atoms with van der Waals surface area (Å²) >= 11 is 0. The molecule has 0 heterocycles. The van der Waals surface area contributed by atoms with Crippen molar-refractivity contribution in [3.63, 3.8) is 0 Å². The molecule has 9 heteroatoms. The first kappa shape index (κ1) is 21.8. The van der Waals surface area contributed by atoms with E-state index < -0.39 is 40.5 Å². The third kappa shape index (κ3) is 6.53. The largest absolute Gasteiger partial charge is 0.469 e. The lowest BCUT2D eigenvalue weighted by Gasteiger charge is -2.19. The van der Waals surface area contributed by atoms with E-state index in [-0.39, 0.29) is 16.7 Å². The maximum atomic E-state index is 12.1. The van der Waals surface area contributed by atoms with E-state index in [2.05, 4.69) is 9.47 Å². The molecule has 0 N–H and O–H groups in total. The Hall–Kier alpha value is -3.23. The molecule has 0 atom stereocenters. The van der Waals surface area contributed by atoms with Crippen LogP contribution in [0.2, 0.25) is 0 Å². The molecule has 0 aliphatic carbocycles. The van der Waals surface area contributed by atoms with Crippen molar-refractivity contribution in [1.29, 1.82) is 0 Å². The third-order valence-electron chi connectivity index (χ3n) is 3.20. The molecule has 0 saturated carbocycles. The van der Waals surface area contributed by atoms with Crippen LogP contribution in [0.3, 0.4) is 0 Å². The van der Waals surface area contributed by atoms with Gasteiger partial charge in [0.1, 0.15) is 5.60 Å². The van der Waals surface area contributed by atoms with Gasteiger partial charge in [-0.05, 0) is 39.0 Å². The van der Waals surface area contributed by atoms with Crippen molar-refractivity contribution < 1.29 is 33.5 Å². The molecule has 0 radical (unpaired) electrons. The topological polar surface area (TPSA) is 122 Å². The Morgan fingerprint density at radius 3 is 2.26 bits per heavy atom. The van der Waals surface area contributed by atoms with Crippen molar-refractivity contribution in [3.05, 3.63) is 45.0 Å². The summed E-state index contributed by atoms with van der Waals surface area (Å²) in [5.41, 5.74) is -1.30. The number of esters is 3. The summed E-state index contributed by atoms with van der Waals surface area (Å²) < 4.78 is 14.3. The molecule has 0 amide bonds. The van der Waals surface area contributed by atoms with Crippen LogP contribution in [0.1, 0.15) is 43.1 Å². The van der Waals surface area contributed by atoms with Crippen molar-refractivity contribution in [3.8, 4) is 0 Å². The SMILES string of the molecule is COC(=O)C/C(=C/c1ccc(C(=O)OC(C)(C)C)cc1[N+](=O)[O-])C(=O)OC. The van der Waals surface area contributed by atoms with Crippen LogP contribution in [-0.4, -0.2) is 42.7 Å². The van der Waals surface area contributed by atoms with E-state index >= 15 is 0 Å². The van der Waals surface area contributed by atoms with Gasteiger partial charge >= 0.3 is 17.9 Å². The van der Waals surface area contributed by atoms with Crippen LogP contribution in [0.5, 0.6) is 0 Å². The minimum absolute atomic E-state index is 0.0126. The van der Waals surface area contributed by atoms with Gasteiger partial charge in [-0.1, -0.05) is 0 Å². The van der Waals surface area contributed by atoms with Crippen LogP contribution >= 0.6 is 0 Å². The molecule has 0 unspecified atom stereocenters. The van der Waals surface area contributed by atoms with Gasteiger partial charge < -0.3 is 14.2 Å². The van der Waals surface area contributed by atoms with Crippen LogP contribution in [0.4, 0.5) is 5.69 Å². The third-order valence-corrected chi connectivity index (χ3v) is 3.20. The first-order valence-electron chi connectivity index (χ1n) is 7.86. The second-order valence-corrected chi connectivity index (χ2v) is 6.45. The Morgan fingerprint density at radius 1 is 1.15 bits per heavy atom. The van der Waals surface area contributed by atoms with Crippen LogP contribution in [0.25, 0.3) is 6.08 Å². The molecule has 0 saturated heterocycles. The Kier molecular flexibility index (Phi) is 7.21. The first-order chi connectivity index (χ1) is 12.5. The summed E-state index contributed by atoms with van der Waals surface area (Å²) in [6.07, 6.45) is 0.730. The van der Waals surface area contributed by atoms with Gasteiger partial charge in [-0.15, -0.1) is 0 Å². The van der Waals surface area contributed by atoms with Crippen LogP contribution in [0, 0.1) is 10.1 Å². The van der Waals surface area contributed by atoms with E-state index in [0.717, 1.165) is 26.4 Å². The van der Waals surface area contributed by atoms with Crippen LogP contribution in [0.15, 0.2) is 23.8 Å². The van der Waals surface area contributed by atoms with Gasteiger partial charge in [0.05, 0.1) is 36.7 Å². The average Bonchev–Trinajstić information content (AvgIpc) is 2.58. The van der Waals surface area contributed by atoms with Gasteiger partial charge in [-0.25, -0.2) is 9.59 Å². The highest BCUT2D eigenvalue weighted by molar-refractivity contribution is 5.99. The van der Waals surface area contributed by atoms with E-state index in [4.69, 9.17) is 4.74 Å². The quantitative estimate of drug-likeness (QED) is 0.243. The zero-order valence-corrected chi connectivity index (χ0v) is 15.7. The van der Waals surface area contributed by atoms with Crippen molar-refractivity contribution in [1.82, 2.24) is 0 Å². The number of methoxy groups -OCH3 is 2. The average molecular weight is 379 g/mol. The number of rotatable bonds is 6. The normalized spacial score (nSPS) is 11.5. The van der Waals surface area contributed by atoms with E-state index in [0.29, 0.717) is 0 Å². The fourth-order valence-electron chi connectivity index (χ4n) is 2.02. The number of hydrogen-bond donors (Lipinski definition) is 0. The molecule has 0 spiro atoms. The molecular weight excluding hydrogens is 358 g/mol. The fourth-order valence-corrected chi connectivity index (χ4v) is 2.02. The van der Waals surface area contributed by atoms with Gasteiger partial charge in [0, 0.05) is 11.6 Å². The van der Waals surface area contributed by atoms with Crippen molar-refractivity contribution in [2.75, 3.05) is 14.2 Å². The summed E-state index contributed by atoms with van der Waals surface area (Å²) in [5, 5.41) is 11.4. The van der Waals surface area contributed by atoms with Gasteiger partial charge in [-0.2, -0.15) is 0 Å². The molecule has 0 fully saturated rings. The van der Waals surface area contributed by atoms with Crippen molar-refractivity contribution >= 4 is 29.7 Å². The second kappa shape index (κ2) is 8.93. The number of benzene rings is 1. The monoisotopic (exact) mass is 379 g/mol. The minimum atomic E-state index is -0.828. The summed E-state index contributed by atoms with van der Waals surface area (Å²) in [4.78, 5) is 46.1. The molecule has 146 valence electrons. The number of nitro groups is 1. The van der Waals surface area contributed by atoms with E-state index in [9.17, 15) is 24.5 Å². The molecule has 1 aromatic carbocycles. The van der Waals surface area contributed by atoms with E-state index in [1.165, 1.54) is 12.1 Å². The lowest BCUT2D eigenvalue weighted by atomic mass is 10.0. The standard InChI is InChI=1S/C18H21NO8/c1-18(2,3)27-17(22)12-7-6-11(14(9-12)19(23)24)8-13(16(21)26-5)10-15(20)25-4/h6-9H,10H2,1-5H3/b13-8-. The lowest BCUT2D eigenvalue weighted by molar-refractivity contribution is -0.385. The molecular formula is C18H21NO8. The highest BCUT2D eigenvalue weighted by Gasteiger charge is 2.23. The fraction of sp³-hybridized carbons (Fsp3) is 0.389. The lowest BCUT2D eigenvalue weighted by Crippen LogP contribution is -2.23. The molecule has 9 nitrogen and oxygen atoms in total. The summed E-state index contributed by atoms with van der Waals surface area (Å²) in [7, 11) is 2.27. The van der Waals surface area contributed by atoms with Gasteiger partial charge in [0.25, 0.3) is 5.69 Å². The zero-order valence-electron chi connectivity index (χ0n) is 15.7. The van der Waals surface area contributed by atoms with E-state index in [1.54, 1.807) is 20.8 Å². The molecule has 27 heavy (non-hydrogen) atoms. The maximum absolute atomic E-state index is 12.1. The van der Waals surface area contributed by atoms with Crippen molar-refractivity contribution in [2.24, 2.45) is 0 Å². The molecule has 1 aromatic rings. The zero-order chi connectivity index (χ0) is 20.8. The van der Waals surface area contributed by atoms with Gasteiger partial charge in [0.2, 0.25) is 0 Å². The molecule has 0 bridgehead atoms. The Morgan fingerprint density at radius 2 is 1.78 bits per heavy atom. The summed E-state index contributed by atoms with van der Waals surface area (Å²) in [6.45, 7) is 5.02. The number of carbonyl (C=O) groups excluding carboxylic acids is 3. The number of carbonyl (C=O) groups is 3. The maximum Gasteiger partial charge on any atom is 0.338 e. The molecule has 1 rings (SSSR count). The van der Waals surface area contributed by atoms with Crippen LogP contribution in [-0.2, 0) is 23.8 Å². The molecule has 0 aliphatic heterocycles. The molecule has 0 aromatic heterocycles. The Labute approximate surface area is 156 Å². The first-order valence-corrected chi connectivity index (χ1v) is 7.86. The van der Waals surface area contributed by atoms with Gasteiger partial charge in [-0.3, -0.25) is 14.9 Å². The number of hydrogen-bond acceptors (Lipinski definition) is 8. The Bertz CT molecular complexity index is 789. The summed E-state index contributed by atoms with van der Waals surface area (Å²) in [5.74, 6) is -2.26. The van der Waals surface area contributed by atoms with E-state index in [1.807, 2.05) is 0 Å². The minimum Gasteiger partial charge on any atom is -0.469 e. The summed E-state index contributed by atoms with van der Waals surface area (Å²) in [6, 6.07) is 3.67. The number of ether oxygens (including phenoxy) is 3. The highest BCUT2D eigenvalue weighted by atomic mass is 16.6. The smallest absolute Gasteiger partial charge is 0.338 e. The second-order valence-electron chi connectivity index (χ2n) is 6.45. The van der Waals surface area contributed by atoms with Gasteiger partial charge in [0.15, 0.2) is 0 Å². The molecule has 0 aliphatic rings. The Balaban J connectivity index is 3.37. The number of nitro benzene ring substituents is 1. The predicted octanol–water partition coefficient (Wildman–Crippen LogP) is 2.67. The highest BCUT2D eigenvalue weighted by Crippen LogP contribution is 2.25. The predicted molar refractivity (Wildman–Crippen MR) is 94.9 cm³/mol.